The molecule has 0 spiro atoms. The van der Waals surface area contributed by atoms with Crippen molar-refractivity contribution < 1.29 is 13.2 Å². The van der Waals surface area contributed by atoms with E-state index in [-0.39, 0.29) is 17.9 Å². The number of carbonyl (C=O) groups excluding carboxylic acids is 1. The number of carbonyl (C=O) groups is 1. The molecule has 5 nitrogen and oxygen atoms in total. The van der Waals surface area contributed by atoms with Crippen molar-refractivity contribution in [3.05, 3.63) is 29.3 Å². The van der Waals surface area contributed by atoms with Gasteiger partial charge in [0, 0.05) is 25.0 Å². The van der Waals surface area contributed by atoms with Crippen LogP contribution in [0.15, 0.2) is 23.1 Å². The number of sulfonamides is 1. The van der Waals surface area contributed by atoms with E-state index in [0.29, 0.717) is 36.7 Å². The van der Waals surface area contributed by atoms with Gasteiger partial charge in [-0.05, 0) is 106 Å². The van der Waals surface area contributed by atoms with E-state index in [2.05, 4.69) is 12.2 Å². The van der Waals surface area contributed by atoms with E-state index < -0.39 is 10.0 Å². The molecule has 31 heavy (non-hydrogen) atoms. The number of piperidine rings is 1. The fourth-order valence-electron chi connectivity index (χ4n) is 6.73. The minimum absolute atomic E-state index is 0.0731. The molecule has 0 radical (unpaired) electrons. The third-order valence-electron chi connectivity index (χ3n) is 8.59. The van der Waals surface area contributed by atoms with Crippen LogP contribution in [0.4, 0.5) is 0 Å². The molecule has 0 unspecified atom stereocenters. The van der Waals surface area contributed by atoms with Crippen LogP contribution in [0.1, 0.15) is 69.4 Å². The molecule has 2 saturated carbocycles. The van der Waals surface area contributed by atoms with Gasteiger partial charge in [0.1, 0.15) is 0 Å². The molecule has 170 valence electrons. The third-order valence-corrected chi connectivity index (χ3v) is 10.5. The van der Waals surface area contributed by atoms with Crippen molar-refractivity contribution in [3.8, 4) is 0 Å². The fraction of sp³-hybridized carbons (Fsp3) is 0.720. The third kappa shape index (κ3) is 4.18. The number of fused-ring (bicyclic) bond motifs is 3. The van der Waals surface area contributed by atoms with Crippen molar-refractivity contribution in [1.29, 1.82) is 0 Å². The van der Waals surface area contributed by atoms with Gasteiger partial charge in [-0.1, -0.05) is 12.5 Å². The van der Waals surface area contributed by atoms with Crippen LogP contribution in [0.5, 0.6) is 0 Å². The van der Waals surface area contributed by atoms with Gasteiger partial charge in [-0.15, -0.1) is 0 Å². The normalized spacial score (nSPS) is 30.2. The van der Waals surface area contributed by atoms with Crippen LogP contribution >= 0.6 is 0 Å². The first-order chi connectivity index (χ1) is 14.9. The highest BCUT2D eigenvalue weighted by atomic mass is 32.2. The zero-order valence-corrected chi connectivity index (χ0v) is 19.5. The van der Waals surface area contributed by atoms with Gasteiger partial charge in [0.25, 0.3) is 0 Å². The lowest BCUT2D eigenvalue weighted by Gasteiger charge is -2.33. The Morgan fingerprint density at radius 1 is 1.03 bits per heavy atom. The van der Waals surface area contributed by atoms with Gasteiger partial charge in [-0.2, -0.15) is 4.31 Å². The van der Waals surface area contributed by atoms with Crippen LogP contribution in [0.2, 0.25) is 0 Å². The van der Waals surface area contributed by atoms with E-state index in [1.807, 2.05) is 12.1 Å². The van der Waals surface area contributed by atoms with E-state index >= 15 is 0 Å². The Morgan fingerprint density at radius 2 is 1.77 bits per heavy atom. The highest BCUT2D eigenvalue weighted by Gasteiger charge is 2.42. The van der Waals surface area contributed by atoms with Crippen LogP contribution in [-0.4, -0.2) is 37.8 Å². The maximum atomic E-state index is 13.2. The Balaban J connectivity index is 1.17. The lowest BCUT2D eigenvalue weighted by Crippen LogP contribution is -2.47. The second-order valence-electron chi connectivity index (χ2n) is 10.5. The summed E-state index contributed by atoms with van der Waals surface area (Å²) in [4.78, 5) is 13.3. The lowest BCUT2D eigenvalue weighted by atomic mass is 9.83. The summed E-state index contributed by atoms with van der Waals surface area (Å²) in [6.07, 6.45) is 10.9. The van der Waals surface area contributed by atoms with Crippen molar-refractivity contribution in [2.75, 3.05) is 13.1 Å². The van der Waals surface area contributed by atoms with E-state index in [4.69, 9.17) is 0 Å². The van der Waals surface area contributed by atoms with Crippen molar-refractivity contribution in [2.45, 2.75) is 82.1 Å². The van der Waals surface area contributed by atoms with Crippen molar-refractivity contribution in [3.63, 3.8) is 0 Å². The largest absolute Gasteiger partial charge is 0.353 e. The Kier molecular flexibility index (Phi) is 5.89. The molecule has 1 amide bonds. The monoisotopic (exact) mass is 444 g/mol. The number of aryl methyl sites for hydroxylation is 2. The average Bonchev–Trinajstić information content (AvgIpc) is 3.43. The maximum absolute atomic E-state index is 13.2. The van der Waals surface area contributed by atoms with Gasteiger partial charge in [0.2, 0.25) is 15.9 Å². The van der Waals surface area contributed by atoms with Crippen LogP contribution in [0.25, 0.3) is 0 Å². The molecule has 1 saturated heterocycles. The minimum Gasteiger partial charge on any atom is -0.353 e. The maximum Gasteiger partial charge on any atom is 0.243 e. The Bertz CT molecular complexity index is 936. The molecule has 1 aromatic carbocycles. The second kappa shape index (κ2) is 8.51. The molecule has 5 rings (SSSR count). The summed E-state index contributed by atoms with van der Waals surface area (Å²) < 4.78 is 28.0. The topological polar surface area (TPSA) is 66.5 Å². The molecule has 1 N–H and O–H groups in total. The zero-order valence-electron chi connectivity index (χ0n) is 18.7. The highest BCUT2D eigenvalue weighted by Crippen LogP contribution is 2.49. The molecule has 1 aromatic rings. The second-order valence-corrected chi connectivity index (χ2v) is 12.4. The number of benzene rings is 1. The van der Waals surface area contributed by atoms with Crippen LogP contribution < -0.4 is 5.32 Å². The molecule has 4 aliphatic rings. The molecule has 3 fully saturated rings. The average molecular weight is 445 g/mol. The molecule has 0 aromatic heterocycles. The van der Waals surface area contributed by atoms with E-state index in [1.54, 1.807) is 10.4 Å². The molecular formula is C25H36N2O3S. The number of rotatable bonds is 5. The van der Waals surface area contributed by atoms with Gasteiger partial charge < -0.3 is 5.32 Å². The van der Waals surface area contributed by atoms with Crippen LogP contribution in [0, 0.1) is 23.7 Å². The molecule has 4 atom stereocenters. The molecule has 2 bridgehead atoms. The van der Waals surface area contributed by atoms with E-state index in [9.17, 15) is 13.2 Å². The Hall–Kier alpha value is -1.40. The number of hydrogen-bond acceptors (Lipinski definition) is 3. The Morgan fingerprint density at radius 3 is 2.45 bits per heavy atom. The predicted molar refractivity (Wildman–Crippen MR) is 121 cm³/mol. The van der Waals surface area contributed by atoms with Crippen molar-refractivity contribution in [2.24, 2.45) is 23.7 Å². The fourth-order valence-corrected chi connectivity index (χ4v) is 8.25. The predicted octanol–water partition coefficient (Wildman–Crippen LogP) is 3.91. The SMILES string of the molecule is C[C@@H](NC(=O)C1CCN(S(=O)(=O)c2ccc3c(c2)CCCC3)CC1)[C@@H]1C[C@H]2CC[C@H]1C2. The summed E-state index contributed by atoms with van der Waals surface area (Å²) >= 11 is 0. The Labute approximate surface area is 187 Å². The molecular weight excluding hydrogens is 408 g/mol. The number of amides is 1. The summed E-state index contributed by atoms with van der Waals surface area (Å²) in [5.74, 6) is 2.36. The molecule has 1 heterocycles. The smallest absolute Gasteiger partial charge is 0.243 e. The quantitative estimate of drug-likeness (QED) is 0.749. The van der Waals surface area contributed by atoms with E-state index in [0.717, 1.165) is 31.1 Å². The summed E-state index contributed by atoms with van der Waals surface area (Å²) in [5, 5.41) is 3.29. The van der Waals surface area contributed by atoms with Gasteiger partial charge >= 0.3 is 0 Å². The summed E-state index contributed by atoms with van der Waals surface area (Å²) in [7, 11) is -3.48. The first-order valence-corrected chi connectivity index (χ1v) is 13.8. The first-order valence-electron chi connectivity index (χ1n) is 12.3. The van der Waals surface area contributed by atoms with Gasteiger partial charge in [0.15, 0.2) is 0 Å². The number of nitrogens with zero attached hydrogens (tertiary/aromatic N) is 1. The van der Waals surface area contributed by atoms with E-state index in [1.165, 1.54) is 43.2 Å². The summed E-state index contributed by atoms with van der Waals surface area (Å²) in [6.45, 7) is 3.03. The molecule has 1 aliphatic heterocycles. The first kappa shape index (κ1) is 21.4. The standard InChI is InChI=1S/C25H36N2O3S/c1-17(24-15-18-6-7-22(24)14-18)26-25(28)20-10-12-27(13-11-20)31(29,30)23-9-8-19-4-2-3-5-21(19)16-23/h8-9,16-18,20,22,24H,2-7,10-15H2,1H3,(H,26,28)/t17-,18+,22+,24+/m1/s1. The molecule has 3 aliphatic carbocycles. The number of hydrogen-bond donors (Lipinski definition) is 1. The molecule has 6 heteroatoms. The van der Waals surface area contributed by atoms with Crippen molar-refractivity contribution in [1.82, 2.24) is 9.62 Å². The summed E-state index contributed by atoms with van der Waals surface area (Å²) in [6, 6.07) is 5.90. The van der Waals surface area contributed by atoms with Crippen LogP contribution in [0.3, 0.4) is 0 Å². The summed E-state index contributed by atoms with van der Waals surface area (Å²) in [5.41, 5.74) is 2.49. The zero-order chi connectivity index (χ0) is 21.6. The minimum atomic E-state index is -3.48. The van der Waals surface area contributed by atoms with Gasteiger partial charge in [-0.3, -0.25) is 4.79 Å². The van der Waals surface area contributed by atoms with Crippen LogP contribution in [-0.2, 0) is 27.7 Å². The van der Waals surface area contributed by atoms with Crippen molar-refractivity contribution >= 4 is 15.9 Å². The lowest BCUT2D eigenvalue weighted by molar-refractivity contribution is -0.127. The van der Waals surface area contributed by atoms with Gasteiger partial charge in [0.05, 0.1) is 4.90 Å². The number of nitrogens with one attached hydrogen (secondary N) is 1. The van der Waals surface area contributed by atoms with Gasteiger partial charge in [-0.25, -0.2) is 8.42 Å². The highest BCUT2D eigenvalue weighted by molar-refractivity contribution is 7.89.